The molecule has 0 aliphatic rings. The third-order valence-corrected chi connectivity index (χ3v) is 1.88. The number of carboxylic acids is 1. The fraction of sp³-hybridized carbons (Fsp3) is 0.333. The number of halogens is 4. The molecular weight excluding hydrogens is 262 g/mol. The zero-order valence-electron chi connectivity index (χ0n) is 8.92. The Morgan fingerprint density at radius 3 is 2.50 bits per heavy atom. The fourth-order valence-corrected chi connectivity index (χ4v) is 1.23. The van der Waals surface area contributed by atoms with Crippen LogP contribution in [0, 0.1) is 0 Å². The molecule has 0 aromatic carbocycles. The number of pyridine rings is 1. The topological polar surface area (TPSA) is 68.7 Å². The number of ether oxygens (including phenoxy) is 2. The second kappa shape index (κ2) is 5.07. The van der Waals surface area contributed by atoms with Crippen LogP contribution in [0.3, 0.4) is 0 Å². The molecule has 1 heterocycles. The van der Waals surface area contributed by atoms with Crippen molar-refractivity contribution in [2.45, 2.75) is 13.0 Å². The van der Waals surface area contributed by atoms with Crippen molar-refractivity contribution in [2.24, 2.45) is 0 Å². The molecule has 0 radical (unpaired) electrons. The monoisotopic (exact) mass is 269 g/mol. The second-order valence-corrected chi connectivity index (χ2v) is 2.97. The molecule has 0 aliphatic heterocycles. The minimum atomic E-state index is -5.07. The van der Waals surface area contributed by atoms with Crippen molar-refractivity contribution in [3.05, 3.63) is 17.3 Å². The predicted octanol–water partition coefficient (Wildman–Crippen LogP) is 2.16. The Labute approximate surface area is 98.0 Å². The van der Waals surface area contributed by atoms with Gasteiger partial charge in [-0.05, 0) is 0 Å². The van der Waals surface area contributed by atoms with Gasteiger partial charge in [-0.25, -0.2) is 14.2 Å². The first-order chi connectivity index (χ1) is 8.30. The fourth-order valence-electron chi connectivity index (χ4n) is 1.23. The lowest BCUT2D eigenvalue weighted by molar-refractivity contribution is -0.275. The maximum absolute atomic E-state index is 12.7. The Bertz CT molecular complexity index is 461. The first kappa shape index (κ1) is 14.0. The van der Waals surface area contributed by atoms with E-state index in [-0.39, 0.29) is 0 Å². The van der Waals surface area contributed by atoms with E-state index in [1.54, 1.807) is 0 Å². The van der Waals surface area contributed by atoms with Crippen LogP contribution in [0.15, 0.2) is 6.20 Å². The SMILES string of the molecule is COc1ncc(OC(F)(F)F)c(CF)c1C(=O)O. The van der Waals surface area contributed by atoms with Gasteiger partial charge in [0.25, 0.3) is 0 Å². The van der Waals surface area contributed by atoms with E-state index in [9.17, 15) is 22.4 Å². The lowest BCUT2D eigenvalue weighted by Crippen LogP contribution is -2.19. The predicted molar refractivity (Wildman–Crippen MR) is 49.2 cm³/mol. The van der Waals surface area contributed by atoms with E-state index < -0.39 is 41.8 Å². The number of rotatable bonds is 4. The van der Waals surface area contributed by atoms with Gasteiger partial charge in [-0.1, -0.05) is 0 Å². The van der Waals surface area contributed by atoms with Gasteiger partial charge in [0.1, 0.15) is 12.2 Å². The molecular formula is C9H7F4NO4. The standard InChI is InChI=1S/C9H7F4NO4/c1-17-7-6(8(15)16)4(2-10)5(3-14-7)18-9(11,12)13/h3H,2H2,1H3,(H,15,16). The van der Waals surface area contributed by atoms with E-state index >= 15 is 0 Å². The van der Waals surface area contributed by atoms with Gasteiger partial charge in [-0.3, -0.25) is 0 Å². The highest BCUT2D eigenvalue weighted by Gasteiger charge is 2.34. The van der Waals surface area contributed by atoms with Crippen LogP contribution in [0.2, 0.25) is 0 Å². The Balaban J connectivity index is 3.38. The molecule has 0 amide bonds. The summed E-state index contributed by atoms with van der Waals surface area (Å²) < 4.78 is 56.8. The highest BCUT2D eigenvalue weighted by molar-refractivity contribution is 5.92. The summed E-state index contributed by atoms with van der Waals surface area (Å²) in [5.41, 5.74) is -1.59. The minimum Gasteiger partial charge on any atom is -0.480 e. The highest BCUT2D eigenvalue weighted by atomic mass is 19.4. The number of carbonyl (C=O) groups is 1. The number of hydrogen-bond donors (Lipinski definition) is 1. The van der Waals surface area contributed by atoms with E-state index in [0.717, 1.165) is 7.11 Å². The molecule has 0 fully saturated rings. The van der Waals surface area contributed by atoms with Crippen LogP contribution < -0.4 is 9.47 Å². The van der Waals surface area contributed by atoms with Gasteiger partial charge >= 0.3 is 12.3 Å². The molecule has 0 bridgehead atoms. The maximum Gasteiger partial charge on any atom is 0.573 e. The Morgan fingerprint density at radius 2 is 2.11 bits per heavy atom. The molecule has 0 aliphatic carbocycles. The number of hydrogen-bond acceptors (Lipinski definition) is 4. The molecule has 0 atom stereocenters. The number of alkyl halides is 4. The number of aromatic carboxylic acids is 1. The second-order valence-electron chi connectivity index (χ2n) is 2.97. The molecule has 0 spiro atoms. The first-order valence-electron chi connectivity index (χ1n) is 4.41. The molecule has 18 heavy (non-hydrogen) atoms. The van der Waals surface area contributed by atoms with Crippen molar-refractivity contribution in [3.63, 3.8) is 0 Å². The number of methoxy groups -OCH3 is 1. The van der Waals surface area contributed by atoms with Crippen LogP contribution in [0.4, 0.5) is 17.6 Å². The summed E-state index contributed by atoms with van der Waals surface area (Å²) in [5, 5.41) is 8.81. The lowest BCUT2D eigenvalue weighted by Gasteiger charge is -2.14. The number of aromatic nitrogens is 1. The van der Waals surface area contributed by atoms with Gasteiger partial charge < -0.3 is 14.6 Å². The van der Waals surface area contributed by atoms with Crippen LogP contribution in [-0.4, -0.2) is 29.5 Å². The zero-order valence-corrected chi connectivity index (χ0v) is 8.92. The molecule has 0 saturated carbocycles. The molecule has 0 unspecified atom stereocenters. The molecule has 100 valence electrons. The largest absolute Gasteiger partial charge is 0.573 e. The Morgan fingerprint density at radius 1 is 1.50 bits per heavy atom. The van der Waals surface area contributed by atoms with Crippen molar-refractivity contribution in [1.82, 2.24) is 4.98 Å². The zero-order chi connectivity index (χ0) is 13.9. The quantitative estimate of drug-likeness (QED) is 0.848. The van der Waals surface area contributed by atoms with Gasteiger partial charge in [0.15, 0.2) is 5.75 Å². The normalized spacial score (nSPS) is 11.2. The Hall–Kier alpha value is -2.06. The smallest absolute Gasteiger partial charge is 0.480 e. The third-order valence-electron chi connectivity index (χ3n) is 1.88. The highest BCUT2D eigenvalue weighted by Crippen LogP contribution is 2.32. The van der Waals surface area contributed by atoms with Crippen LogP contribution in [0.5, 0.6) is 11.6 Å². The van der Waals surface area contributed by atoms with Crippen LogP contribution in [-0.2, 0) is 6.67 Å². The third kappa shape index (κ3) is 2.99. The van der Waals surface area contributed by atoms with E-state index in [2.05, 4.69) is 14.5 Å². The van der Waals surface area contributed by atoms with Crippen molar-refractivity contribution in [1.29, 1.82) is 0 Å². The molecule has 1 aromatic heterocycles. The molecule has 5 nitrogen and oxygen atoms in total. The maximum atomic E-state index is 12.7. The molecule has 1 rings (SSSR count). The van der Waals surface area contributed by atoms with E-state index in [0.29, 0.717) is 6.20 Å². The minimum absolute atomic E-state index is 0.496. The van der Waals surface area contributed by atoms with Crippen LogP contribution in [0.1, 0.15) is 15.9 Å². The molecule has 0 saturated heterocycles. The Kier molecular flexibility index (Phi) is 3.94. The first-order valence-corrected chi connectivity index (χ1v) is 4.41. The molecule has 1 N–H and O–H groups in total. The summed E-state index contributed by atoms with van der Waals surface area (Å²) in [6.45, 7) is -1.47. The van der Waals surface area contributed by atoms with E-state index in [1.165, 1.54) is 0 Å². The summed E-state index contributed by atoms with van der Waals surface area (Å²) in [6.07, 6.45) is -4.52. The summed E-state index contributed by atoms with van der Waals surface area (Å²) in [7, 11) is 1.06. The molecule has 1 aromatic rings. The van der Waals surface area contributed by atoms with Crippen molar-refractivity contribution in [3.8, 4) is 11.6 Å². The van der Waals surface area contributed by atoms with Crippen molar-refractivity contribution < 1.29 is 36.9 Å². The summed E-state index contributed by atoms with van der Waals surface area (Å²) in [4.78, 5) is 14.2. The summed E-state index contributed by atoms with van der Waals surface area (Å²) in [6, 6.07) is 0. The van der Waals surface area contributed by atoms with Gasteiger partial charge in [0, 0.05) is 5.56 Å². The molecule has 9 heteroatoms. The summed E-state index contributed by atoms with van der Waals surface area (Å²) in [5.74, 6) is -3.17. The van der Waals surface area contributed by atoms with Gasteiger partial charge in [-0.15, -0.1) is 13.2 Å². The number of carboxylic acid groups (broad SMARTS) is 1. The average molecular weight is 269 g/mol. The van der Waals surface area contributed by atoms with E-state index in [4.69, 9.17) is 5.11 Å². The lowest BCUT2D eigenvalue weighted by atomic mass is 10.1. The van der Waals surface area contributed by atoms with Crippen LogP contribution in [0.25, 0.3) is 0 Å². The van der Waals surface area contributed by atoms with Gasteiger partial charge in [-0.2, -0.15) is 0 Å². The average Bonchev–Trinajstić information content (AvgIpc) is 2.26. The van der Waals surface area contributed by atoms with Crippen molar-refractivity contribution in [2.75, 3.05) is 7.11 Å². The van der Waals surface area contributed by atoms with Crippen LogP contribution >= 0.6 is 0 Å². The number of nitrogens with zero attached hydrogens (tertiary/aromatic N) is 1. The summed E-state index contributed by atoms with van der Waals surface area (Å²) >= 11 is 0. The van der Waals surface area contributed by atoms with Gasteiger partial charge in [0.05, 0.1) is 13.3 Å². The van der Waals surface area contributed by atoms with Gasteiger partial charge in [0.2, 0.25) is 5.88 Å². The van der Waals surface area contributed by atoms with E-state index in [1.807, 2.05) is 0 Å². The van der Waals surface area contributed by atoms with Crippen molar-refractivity contribution >= 4 is 5.97 Å².